The van der Waals surface area contributed by atoms with Gasteiger partial charge in [0.15, 0.2) is 5.82 Å². The van der Waals surface area contributed by atoms with Crippen LogP contribution in [0.1, 0.15) is 4.88 Å². The van der Waals surface area contributed by atoms with Gasteiger partial charge in [0.05, 0.1) is 23.0 Å². The molecule has 4 nitrogen and oxygen atoms in total. The van der Waals surface area contributed by atoms with Gasteiger partial charge in [-0.25, -0.2) is 4.39 Å². The summed E-state index contributed by atoms with van der Waals surface area (Å²) in [6.45, 7) is 0. The average Bonchev–Trinajstić information content (AvgIpc) is 3.40. The third-order valence-corrected chi connectivity index (χ3v) is 5.76. The standard InChI is InChI=1S/C23H16FN3OS/c24-22-19(25-20(28)13-17-6-3-11-29-17)10-9-18-21(22)23(27-26-18)16-8-7-14-4-1-2-5-15(14)12-16/h1-12H,13H2,(H,25,28)(H,26,27). The number of thiophene rings is 1. The number of rotatable bonds is 4. The van der Waals surface area contributed by atoms with Crippen molar-refractivity contribution in [3.63, 3.8) is 0 Å². The first-order chi connectivity index (χ1) is 14.2. The molecule has 2 N–H and O–H groups in total. The molecule has 2 heterocycles. The Hall–Kier alpha value is -3.51. The number of fused-ring (bicyclic) bond motifs is 2. The quantitative estimate of drug-likeness (QED) is 0.402. The molecular weight excluding hydrogens is 385 g/mol. The van der Waals surface area contributed by atoms with Gasteiger partial charge in [-0.1, -0.05) is 42.5 Å². The van der Waals surface area contributed by atoms with E-state index < -0.39 is 5.82 Å². The Morgan fingerprint density at radius 1 is 1.03 bits per heavy atom. The second kappa shape index (κ2) is 7.14. The van der Waals surface area contributed by atoms with Crippen LogP contribution in [0.25, 0.3) is 32.9 Å². The summed E-state index contributed by atoms with van der Waals surface area (Å²) in [4.78, 5) is 13.2. The second-order valence-corrected chi connectivity index (χ2v) is 7.82. The van der Waals surface area contributed by atoms with Gasteiger partial charge in [0.25, 0.3) is 0 Å². The lowest BCUT2D eigenvalue weighted by Gasteiger charge is -2.08. The highest BCUT2D eigenvalue weighted by Crippen LogP contribution is 2.33. The van der Waals surface area contributed by atoms with E-state index in [1.54, 1.807) is 12.1 Å². The number of carbonyl (C=O) groups excluding carboxylic acids is 1. The molecule has 0 bridgehead atoms. The molecule has 0 fully saturated rings. The Kier molecular flexibility index (Phi) is 4.33. The molecule has 1 amide bonds. The van der Waals surface area contributed by atoms with E-state index in [0.29, 0.717) is 16.6 Å². The van der Waals surface area contributed by atoms with Crippen molar-refractivity contribution >= 4 is 44.6 Å². The first kappa shape index (κ1) is 17.6. The third kappa shape index (κ3) is 3.28. The number of aromatic nitrogens is 2. The Balaban J connectivity index is 1.53. The predicted octanol–water partition coefficient (Wildman–Crippen LogP) is 5.76. The average molecular weight is 401 g/mol. The molecule has 2 aromatic heterocycles. The number of halogens is 1. The normalized spacial score (nSPS) is 11.2. The van der Waals surface area contributed by atoms with Gasteiger partial charge in [-0.05, 0) is 40.4 Å². The molecule has 0 unspecified atom stereocenters. The fourth-order valence-electron chi connectivity index (χ4n) is 3.48. The van der Waals surface area contributed by atoms with E-state index >= 15 is 4.39 Å². The topological polar surface area (TPSA) is 57.8 Å². The molecule has 6 heteroatoms. The molecule has 5 aromatic rings. The summed E-state index contributed by atoms with van der Waals surface area (Å²) in [6, 6.07) is 21.0. The van der Waals surface area contributed by atoms with Gasteiger partial charge >= 0.3 is 0 Å². The maximum atomic E-state index is 15.3. The summed E-state index contributed by atoms with van der Waals surface area (Å²) in [5.41, 5.74) is 2.08. The van der Waals surface area contributed by atoms with Crippen LogP contribution >= 0.6 is 11.3 Å². The number of nitrogens with one attached hydrogen (secondary N) is 2. The fourth-order valence-corrected chi connectivity index (χ4v) is 4.18. The first-order valence-electron chi connectivity index (χ1n) is 9.17. The number of anilines is 1. The molecule has 29 heavy (non-hydrogen) atoms. The van der Waals surface area contributed by atoms with Crippen LogP contribution in [0, 0.1) is 5.82 Å². The molecule has 3 aromatic carbocycles. The molecule has 0 saturated carbocycles. The Bertz CT molecular complexity index is 1340. The number of hydrogen-bond donors (Lipinski definition) is 2. The predicted molar refractivity (Wildman–Crippen MR) is 116 cm³/mol. The lowest BCUT2D eigenvalue weighted by molar-refractivity contribution is -0.115. The summed E-state index contributed by atoms with van der Waals surface area (Å²) >= 11 is 1.50. The molecule has 0 radical (unpaired) electrons. The van der Waals surface area contributed by atoms with Crippen molar-refractivity contribution in [2.45, 2.75) is 6.42 Å². The van der Waals surface area contributed by atoms with Crippen molar-refractivity contribution in [1.29, 1.82) is 0 Å². The minimum atomic E-state index is -0.487. The van der Waals surface area contributed by atoms with Gasteiger partial charge in [0, 0.05) is 10.4 Å². The van der Waals surface area contributed by atoms with Crippen LogP contribution in [-0.2, 0) is 11.2 Å². The number of nitrogens with zero attached hydrogens (tertiary/aromatic N) is 1. The summed E-state index contributed by atoms with van der Waals surface area (Å²) in [5, 5.41) is 14.4. The van der Waals surface area contributed by atoms with Crippen molar-refractivity contribution < 1.29 is 9.18 Å². The largest absolute Gasteiger partial charge is 0.323 e. The van der Waals surface area contributed by atoms with Crippen molar-refractivity contribution in [3.05, 3.63) is 82.8 Å². The lowest BCUT2D eigenvalue weighted by Crippen LogP contribution is -2.14. The highest BCUT2D eigenvalue weighted by Gasteiger charge is 2.17. The molecule has 0 saturated heterocycles. The van der Waals surface area contributed by atoms with Gasteiger partial charge in [-0.3, -0.25) is 9.89 Å². The van der Waals surface area contributed by atoms with E-state index in [2.05, 4.69) is 15.5 Å². The van der Waals surface area contributed by atoms with Crippen LogP contribution < -0.4 is 5.32 Å². The number of hydrogen-bond acceptors (Lipinski definition) is 3. The summed E-state index contributed by atoms with van der Waals surface area (Å²) in [7, 11) is 0. The number of H-pyrrole nitrogens is 1. The van der Waals surface area contributed by atoms with Gasteiger partial charge in [0.1, 0.15) is 5.69 Å². The molecule has 0 aliphatic rings. The minimum absolute atomic E-state index is 0.155. The van der Waals surface area contributed by atoms with Crippen molar-refractivity contribution in [2.75, 3.05) is 5.32 Å². The summed E-state index contributed by atoms with van der Waals surface area (Å²) in [6.07, 6.45) is 0.220. The van der Waals surface area contributed by atoms with Crippen molar-refractivity contribution in [1.82, 2.24) is 10.2 Å². The van der Waals surface area contributed by atoms with Crippen molar-refractivity contribution in [3.8, 4) is 11.3 Å². The van der Waals surface area contributed by atoms with E-state index in [-0.39, 0.29) is 18.0 Å². The minimum Gasteiger partial charge on any atom is -0.323 e. The third-order valence-electron chi connectivity index (χ3n) is 4.88. The van der Waals surface area contributed by atoms with Crippen LogP contribution in [0.4, 0.5) is 10.1 Å². The van der Waals surface area contributed by atoms with Crippen LogP contribution in [0.15, 0.2) is 72.1 Å². The Labute approximate surface area is 170 Å². The van der Waals surface area contributed by atoms with E-state index in [0.717, 1.165) is 21.2 Å². The SMILES string of the molecule is O=C(Cc1cccs1)Nc1ccc2[nH]nc(-c3ccc4ccccc4c3)c2c1F. The molecule has 0 spiro atoms. The van der Waals surface area contributed by atoms with E-state index in [1.165, 1.54) is 11.3 Å². The summed E-state index contributed by atoms with van der Waals surface area (Å²) < 4.78 is 15.3. The number of amides is 1. The monoisotopic (exact) mass is 401 g/mol. The fraction of sp³-hybridized carbons (Fsp3) is 0.0435. The first-order valence-corrected chi connectivity index (χ1v) is 10.0. The maximum Gasteiger partial charge on any atom is 0.229 e. The maximum absolute atomic E-state index is 15.3. The van der Waals surface area contributed by atoms with E-state index in [9.17, 15) is 4.79 Å². The van der Waals surface area contributed by atoms with E-state index in [4.69, 9.17) is 0 Å². The molecular formula is C23H16FN3OS. The van der Waals surface area contributed by atoms with Crippen molar-refractivity contribution in [2.24, 2.45) is 0 Å². The molecule has 0 aliphatic heterocycles. The smallest absolute Gasteiger partial charge is 0.229 e. The highest BCUT2D eigenvalue weighted by molar-refractivity contribution is 7.10. The van der Waals surface area contributed by atoms with Crippen LogP contribution in [0.5, 0.6) is 0 Å². The highest BCUT2D eigenvalue weighted by atomic mass is 32.1. The summed E-state index contributed by atoms with van der Waals surface area (Å²) in [5.74, 6) is -0.736. The van der Waals surface area contributed by atoms with Gasteiger partial charge in [-0.2, -0.15) is 5.10 Å². The van der Waals surface area contributed by atoms with Crippen LogP contribution in [-0.4, -0.2) is 16.1 Å². The molecule has 0 atom stereocenters. The zero-order valence-corrected chi connectivity index (χ0v) is 16.1. The number of carbonyl (C=O) groups is 1. The van der Waals surface area contributed by atoms with Crippen LogP contribution in [0.2, 0.25) is 0 Å². The molecule has 0 aliphatic carbocycles. The van der Waals surface area contributed by atoms with E-state index in [1.807, 2.05) is 60.0 Å². The zero-order valence-electron chi connectivity index (χ0n) is 15.3. The number of aromatic amines is 1. The van der Waals surface area contributed by atoms with Crippen LogP contribution in [0.3, 0.4) is 0 Å². The number of benzene rings is 3. The molecule has 5 rings (SSSR count). The second-order valence-electron chi connectivity index (χ2n) is 6.79. The van der Waals surface area contributed by atoms with Gasteiger partial charge < -0.3 is 5.32 Å². The van der Waals surface area contributed by atoms with Gasteiger partial charge in [0.2, 0.25) is 5.91 Å². The van der Waals surface area contributed by atoms with Gasteiger partial charge in [-0.15, -0.1) is 11.3 Å². The molecule has 142 valence electrons. The Morgan fingerprint density at radius 2 is 1.90 bits per heavy atom. The zero-order chi connectivity index (χ0) is 19.8. The lowest BCUT2D eigenvalue weighted by atomic mass is 10.0. The Morgan fingerprint density at radius 3 is 2.72 bits per heavy atom.